The molecule has 0 spiro atoms. The Morgan fingerprint density at radius 2 is 1.60 bits per heavy atom. The molecule has 0 aliphatic carbocycles. The number of nitrogens with one attached hydrogen (secondary N) is 1. The third-order valence-corrected chi connectivity index (χ3v) is 1.99. The van der Waals surface area contributed by atoms with Gasteiger partial charge in [0.05, 0.1) is 0 Å². The van der Waals surface area contributed by atoms with Crippen molar-refractivity contribution in [2.24, 2.45) is 0 Å². The summed E-state index contributed by atoms with van der Waals surface area (Å²) in [4.78, 5) is 0. The molecule has 0 atom stereocenters. The van der Waals surface area contributed by atoms with Crippen molar-refractivity contribution in [3.8, 4) is 0 Å². The second-order valence-corrected chi connectivity index (χ2v) is 4.70. The summed E-state index contributed by atoms with van der Waals surface area (Å²) in [5, 5.41) is 3.26. The Hall–Kier alpha value is -0.960. The van der Waals surface area contributed by atoms with Gasteiger partial charge in [0.1, 0.15) is 11.6 Å². The molecule has 0 bridgehead atoms. The second kappa shape index (κ2) is 4.71. The summed E-state index contributed by atoms with van der Waals surface area (Å²) in [7, 11) is 0. The predicted molar refractivity (Wildman–Crippen MR) is 57.8 cm³/mol. The highest BCUT2D eigenvalue weighted by atomic mass is 19.1. The molecule has 1 rings (SSSR count). The van der Waals surface area contributed by atoms with E-state index >= 15 is 0 Å². The van der Waals surface area contributed by atoms with E-state index in [1.54, 1.807) is 0 Å². The first-order valence-electron chi connectivity index (χ1n) is 5.07. The number of benzene rings is 1. The molecule has 0 aliphatic rings. The molecule has 15 heavy (non-hydrogen) atoms. The highest BCUT2D eigenvalue weighted by molar-refractivity contribution is 5.18. The van der Waals surface area contributed by atoms with E-state index in [2.05, 4.69) is 26.1 Å². The van der Waals surface area contributed by atoms with E-state index in [1.807, 2.05) is 0 Å². The van der Waals surface area contributed by atoms with Crippen LogP contribution in [0.15, 0.2) is 18.2 Å². The number of rotatable bonds is 3. The van der Waals surface area contributed by atoms with Gasteiger partial charge in [-0.25, -0.2) is 8.78 Å². The van der Waals surface area contributed by atoms with Crippen LogP contribution in [0.3, 0.4) is 0 Å². The van der Waals surface area contributed by atoms with Gasteiger partial charge in [0.15, 0.2) is 0 Å². The molecule has 0 radical (unpaired) electrons. The predicted octanol–water partition coefficient (Wildman–Crippen LogP) is 2.90. The molecule has 3 heteroatoms. The first kappa shape index (κ1) is 12.1. The lowest BCUT2D eigenvalue weighted by atomic mass is 10.1. The Balaban J connectivity index is 2.51. The van der Waals surface area contributed by atoms with E-state index in [-0.39, 0.29) is 5.54 Å². The van der Waals surface area contributed by atoms with Crippen LogP contribution >= 0.6 is 0 Å². The maximum Gasteiger partial charge on any atom is 0.126 e. The summed E-state index contributed by atoms with van der Waals surface area (Å²) < 4.78 is 25.7. The van der Waals surface area contributed by atoms with Crippen molar-refractivity contribution in [1.82, 2.24) is 5.32 Å². The fourth-order valence-corrected chi connectivity index (χ4v) is 1.34. The van der Waals surface area contributed by atoms with E-state index in [9.17, 15) is 8.78 Å². The van der Waals surface area contributed by atoms with Gasteiger partial charge in [0.25, 0.3) is 0 Å². The van der Waals surface area contributed by atoms with Gasteiger partial charge in [0, 0.05) is 11.6 Å². The molecule has 0 aliphatic heterocycles. The molecule has 0 saturated heterocycles. The van der Waals surface area contributed by atoms with Crippen molar-refractivity contribution in [3.05, 3.63) is 35.4 Å². The molecular weight excluding hydrogens is 196 g/mol. The summed E-state index contributed by atoms with van der Waals surface area (Å²) >= 11 is 0. The van der Waals surface area contributed by atoms with Crippen molar-refractivity contribution in [2.75, 3.05) is 6.54 Å². The largest absolute Gasteiger partial charge is 0.312 e. The summed E-state index contributed by atoms with van der Waals surface area (Å²) in [6, 6.07) is 3.63. The Kier molecular flexibility index (Phi) is 3.80. The minimum absolute atomic E-state index is 0.0336. The second-order valence-electron chi connectivity index (χ2n) is 4.70. The van der Waals surface area contributed by atoms with E-state index in [0.717, 1.165) is 6.07 Å². The minimum Gasteiger partial charge on any atom is -0.312 e. The molecule has 1 aromatic rings. The van der Waals surface area contributed by atoms with Gasteiger partial charge < -0.3 is 5.32 Å². The SMILES string of the molecule is CC(C)(C)NCCc1cc(F)cc(F)c1. The number of hydrogen-bond acceptors (Lipinski definition) is 1. The molecule has 0 amide bonds. The molecule has 1 N–H and O–H groups in total. The Morgan fingerprint density at radius 3 is 2.07 bits per heavy atom. The quantitative estimate of drug-likeness (QED) is 0.814. The molecule has 1 nitrogen and oxygen atoms in total. The van der Waals surface area contributed by atoms with E-state index in [1.165, 1.54) is 12.1 Å². The summed E-state index contributed by atoms with van der Waals surface area (Å²) in [5.41, 5.74) is 0.718. The van der Waals surface area contributed by atoms with Crippen LogP contribution in [0.1, 0.15) is 26.3 Å². The van der Waals surface area contributed by atoms with Crippen molar-refractivity contribution in [1.29, 1.82) is 0 Å². The minimum atomic E-state index is -0.513. The summed E-state index contributed by atoms with van der Waals surface area (Å²) in [6.45, 7) is 6.88. The van der Waals surface area contributed by atoms with Crippen molar-refractivity contribution in [3.63, 3.8) is 0 Å². The lowest BCUT2D eigenvalue weighted by molar-refractivity contribution is 0.429. The molecule has 84 valence electrons. The fourth-order valence-electron chi connectivity index (χ4n) is 1.34. The third-order valence-electron chi connectivity index (χ3n) is 1.99. The molecule has 0 fully saturated rings. The normalized spacial score (nSPS) is 11.8. The maximum absolute atomic E-state index is 12.8. The standard InChI is InChI=1S/C12H17F2N/c1-12(2,3)15-5-4-9-6-10(13)8-11(14)7-9/h6-8,15H,4-5H2,1-3H3. The van der Waals surface area contributed by atoms with Crippen LogP contribution in [0, 0.1) is 11.6 Å². The van der Waals surface area contributed by atoms with Gasteiger partial charge in [-0.2, -0.15) is 0 Å². The van der Waals surface area contributed by atoms with Crippen LogP contribution in [0.4, 0.5) is 8.78 Å². The fraction of sp³-hybridized carbons (Fsp3) is 0.500. The van der Waals surface area contributed by atoms with Crippen molar-refractivity contribution < 1.29 is 8.78 Å². The monoisotopic (exact) mass is 213 g/mol. The first-order valence-corrected chi connectivity index (χ1v) is 5.07. The van der Waals surface area contributed by atoms with Gasteiger partial charge in [0.2, 0.25) is 0 Å². The molecule has 0 aromatic heterocycles. The van der Waals surface area contributed by atoms with Crippen molar-refractivity contribution >= 4 is 0 Å². The van der Waals surface area contributed by atoms with Crippen molar-refractivity contribution in [2.45, 2.75) is 32.7 Å². The lowest BCUT2D eigenvalue weighted by Gasteiger charge is -2.20. The van der Waals surface area contributed by atoms with Gasteiger partial charge in [-0.15, -0.1) is 0 Å². The Labute approximate surface area is 89.5 Å². The van der Waals surface area contributed by atoms with Crippen LogP contribution in [0.5, 0.6) is 0 Å². The van der Waals surface area contributed by atoms with Crippen LogP contribution in [0.25, 0.3) is 0 Å². The average molecular weight is 213 g/mol. The van der Waals surface area contributed by atoms with Gasteiger partial charge >= 0.3 is 0 Å². The molecule has 0 saturated carbocycles. The van der Waals surface area contributed by atoms with Crippen LogP contribution in [-0.4, -0.2) is 12.1 Å². The average Bonchev–Trinajstić information content (AvgIpc) is 1.99. The molecular formula is C12H17F2N. The highest BCUT2D eigenvalue weighted by Crippen LogP contribution is 2.08. The van der Waals surface area contributed by atoms with Crippen LogP contribution in [0.2, 0.25) is 0 Å². The zero-order valence-electron chi connectivity index (χ0n) is 9.40. The summed E-state index contributed by atoms with van der Waals surface area (Å²) in [5.74, 6) is -1.03. The smallest absolute Gasteiger partial charge is 0.126 e. The van der Waals surface area contributed by atoms with Gasteiger partial charge in [-0.3, -0.25) is 0 Å². The van der Waals surface area contributed by atoms with Gasteiger partial charge in [-0.1, -0.05) is 0 Å². The summed E-state index contributed by atoms with van der Waals surface area (Å²) in [6.07, 6.45) is 0.631. The van der Waals surface area contributed by atoms with Crippen LogP contribution in [-0.2, 0) is 6.42 Å². The third kappa shape index (κ3) is 4.88. The number of halogens is 2. The zero-order valence-corrected chi connectivity index (χ0v) is 9.40. The van der Waals surface area contributed by atoms with Crippen LogP contribution < -0.4 is 5.32 Å². The molecule has 1 aromatic carbocycles. The number of hydrogen-bond donors (Lipinski definition) is 1. The van der Waals surface area contributed by atoms with E-state index in [0.29, 0.717) is 18.5 Å². The molecule has 0 unspecified atom stereocenters. The molecule has 0 heterocycles. The van der Waals surface area contributed by atoms with E-state index < -0.39 is 11.6 Å². The Morgan fingerprint density at radius 1 is 1.07 bits per heavy atom. The first-order chi connectivity index (χ1) is 6.87. The zero-order chi connectivity index (χ0) is 11.5. The lowest BCUT2D eigenvalue weighted by Crippen LogP contribution is -2.37. The maximum atomic E-state index is 12.8. The Bertz CT molecular complexity index is 309. The topological polar surface area (TPSA) is 12.0 Å². The van der Waals surface area contributed by atoms with E-state index in [4.69, 9.17) is 0 Å². The highest BCUT2D eigenvalue weighted by Gasteiger charge is 2.08. The van der Waals surface area contributed by atoms with Gasteiger partial charge in [-0.05, 0) is 51.4 Å².